The average Bonchev–Trinajstić information content (AvgIpc) is 3.49. The van der Waals surface area contributed by atoms with Crippen LogP contribution in [0.25, 0.3) is 5.52 Å². The Labute approximate surface area is 247 Å². The van der Waals surface area contributed by atoms with Crippen molar-refractivity contribution in [2.45, 2.75) is 75.1 Å². The first-order valence-electron chi connectivity index (χ1n) is 14.1. The van der Waals surface area contributed by atoms with Crippen molar-refractivity contribution in [3.8, 4) is 11.8 Å². The number of aliphatic hydroxyl groups is 2. The first-order valence-corrected chi connectivity index (χ1v) is 15.6. The number of esters is 1. The highest BCUT2D eigenvalue weighted by atomic mass is 31.2. The molecule has 3 heterocycles. The standard InChI is InChI=1S/C28H33N6O8P/c1-17(26(37)40-19-12-27(13-19)10-5-11-27)33-43(38,42-18-6-3-2-4-7-18)39-14-21-23(35)24(36)28(15-29,41-21)22-9-8-20-25(30)31-16-32-34(20)22/h2-4,6-9,16-17,19,21,23-24,35-36H,5,10-14H2,1H3,(H,33,38)(H2,30,31,32)/t17-,21+,23+,24+,28-,43?/m0/s1. The van der Waals surface area contributed by atoms with Gasteiger partial charge in [-0.1, -0.05) is 24.6 Å². The first-order chi connectivity index (χ1) is 20.6. The van der Waals surface area contributed by atoms with Crippen LogP contribution >= 0.6 is 7.75 Å². The summed E-state index contributed by atoms with van der Waals surface area (Å²) in [6.45, 7) is 0.910. The predicted octanol–water partition coefficient (Wildman–Crippen LogP) is 2.21. The van der Waals surface area contributed by atoms with Crippen LogP contribution in [0.1, 0.15) is 44.7 Å². The van der Waals surface area contributed by atoms with Gasteiger partial charge in [-0.25, -0.2) is 14.1 Å². The number of para-hydroxylation sites is 1. The van der Waals surface area contributed by atoms with Gasteiger partial charge in [0, 0.05) is 0 Å². The summed E-state index contributed by atoms with van der Waals surface area (Å²) < 4.78 is 38.2. The second-order valence-corrected chi connectivity index (χ2v) is 13.2. The molecule has 1 aromatic carbocycles. The number of carbonyl (C=O) groups is 1. The Morgan fingerprint density at radius 3 is 2.70 bits per heavy atom. The van der Waals surface area contributed by atoms with Crippen LogP contribution in [-0.2, 0) is 29.0 Å². The van der Waals surface area contributed by atoms with E-state index in [-0.39, 0.29) is 23.4 Å². The quantitative estimate of drug-likeness (QED) is 0.192. The summed E-state index contributed by atoms with van der Waals surface area (Å²) in [5.41, 5.74) is 4.62. The highest BCUT2D eigenvalue weighted by Crippen LogP contribution is 2.57. The van der Waals surface area contributed by atoms with Gasteiger partial charge in [0.15, 0.2) is 5.82 Å². The SMILES string of the molecule is C[C@H](NP(=O)(OC[C@H]1O[C@@](C#N)(c2ccc3c(N)ncnn23)[C@H](O)[C@@H]1O)Oc1ccccc1)C(=O)OC1CC2(CCC2)C1. The van der Waals surface area contributed by atoms with Crippen LogP contribution in [-0.4, -0.2) is 67.8 Å². The molecule has 43 heavy (non-hydrogen) atoms. The lowest BCUT2D eigenvalue weighted by Gasteiger charge is -2.53. The number of carbonyl (C=O) groups excluding carboxylic acids is 1. The second-order valence-electron chi connectivity index (χ2n) is 11.5. The third-order valence-corrected chi connectivity index (χ3v) is 10.2. The number of aromatic nitrogens is 3. The lowest BCUT2D eigenvalue weighted by atomic mass is 9.55. The van der Waals surface area contributed by atoms with Gasteiger partial charge in [-0.05, 0) is 62.3 Å². The normalized spacial score (nSPS) is 28.4. The van der Waals surface area contributed by atoms with E-state index in [0.29, 0.717) is 10.9 Å². The van der Waals surface area contributed by atoms with E-state index in [1.54, 1.807) is 36.4 Å². The van der Waals surface area contributed by atoms with E-state index in [2.05, 4.69) is 15.2 Å². The summed E-state index contributed by atoms with van der Waals surface area (Å²) in [4.78, 5) is 16.8. The third-order valence-electron chi connectivity index (χ3n) is 8.59. The molecule has 1 spiro atoms. The first kappa shape index (κ1) is 29.5. The minimum Gasteiger partial charge on any atom is -0.461 e. The van der Waals surface area contributed by atoms with Crippen molar-refractivity contribution in [3.05, 3.63) is 54.5 Å². The van der Waals surface area contributed by atoms with Gasteiger partial charge in [0.1, 0.15) is 54.1 Å². The number of rotatable bonds is 10. The number of hydrogen-bond donors (Lipinski definition) is 4. The number of fused-ring (bicyclic) bond motifs is 1. The number of nitrogens with one attached hydrogen (secondary N) is 1. The second kappa shape index (κ2) is 11.2. The zero-order valence-electron chi connectivity index (χ0n) is 23.4. The molecule has 2 aromatic heterocycles. The molecule has 2 saturated carbocycles. The number of hydrogen-bond acceptors (Lipinski definition) is 12. The Morgan fingerprint density at radius 1 is 1.28 bits per heavy atom. The molecule has 228 valence electrons. The van der Waals surface area contributed by atoms with Crippen molar-refractivity contribution in [1.82, 2.24) is 19.7 Å². The van der Waals surface area contributed by atoms with Crippen LogP contribution in [0.2, 0.25) is 0 Å². The molecule has 1 aliphatic heterocycles. The zero-order valence-corrected chi connectivity index (χ0v) is 24.3. The van der Waals surface area contributed by atoms with E-state index in [1.807, 2.05) is 6.07 Å². The molecule has 2 aliphatic carbocycles. The highest BCUT2D eigenvalue weighted by Gasteiger charge is 2.58. The summed E-state index contributed by atoms with van der Waals surface area (Å²) in [5.74, 6) is -0.266. The number of nitriles is 1. The number of benzene rings is 1. The summed E-state index contributed by atoms with van der Waals surface area (Å²) in [7, 11) is -4.31. The molecule has 15 heteroatoms. The molecule has 3 fully saturated rings. The van der Waals surface area contributed by atoms with Crippen molar-refractivity contribution in [2.24, 2.45) is 5.41 Å². The largest absolute Gasteiger partial charge is 0.461 e. The Morgan fingerprint density at radius 2 is 2.02 bits per heavy atom. The van der Waals surface area contributed by atoms with Crippen LogP contribution in [0.3, 0.4) is 0 Å². The third kappa shape index (κ3) is 5.37. The average molecular weight is 613 g/mol. The van der Waals surface area contributed by atoms with Crippen LogP contribution in [0, 0.1) is 16.7 Å². The zero-order chi connectivity index (χ0) is 30.4. The molecule has 0 bridgehead atoms. The number of nitrogens with two attached hydrogens (primary N) is 1. The van der Waals surface area contributed by atoms with Gasteiger partial charge >= 0.3 is 13.7 Å². The molecule has 14 nitrogen and oxygen atoms in total. The van der Waals surface area contributed by atoms with Crippen LogP contribution in [0.5, 0.6) is 5.75 Å². The van der Waals surface area contributed by atoms with E-state index in [4.69, 9.17) is 24.3 Å². The lowest BCUT2D eigenvalue weighted by molar-refractivity contribution is -0.169. The van der Waals surface area contributed by atoms with Gasteiger partial charge in [-0.2, -0.15) is 15.4 Å². The maximum atomic E-state index is 14.0. The molecule has 3 aromatic rings. The van der Waals surface area contributed by atoms with Gasteiger partial charge in [-0.15, -0.1) is 0 Å². The Kier molecular flexibility index (Phi) is 7.66. The van der Waals surface area contributed by atoms with Crippen molar-refractivity contribution in [1.29, 1.82) is 5.26 Å². The molecule has 0 radical (unpaired) electrons. The lowest BCUT2D eigenvalue weighted by Crippen LogP contribution is -2.49. The molecule has 0 amide bonds. The fourth-order valence-electron chi connectivity index (χ4n) is 6.06. The summed E-state index contributed by atoms with van der Waals surface area (Å²) in [6.07, 6.45) is 1.47. The molecular formula is C28H33N6O8P. The predicted molar refractivity (Wildman–Crippen MR) is 150 cm³/mol. The van der Waals surface area contributed by atoms with Crippen molar-refractivity contribution in [2.75, 3.05) is 12.3 Å². The maximum Gasteiger partial charge on any atom is 0.459 e. The topological polar surface area (TPSA) is 204 Å². The fraction of sp³-hybridized carbons (Fsp3) is 0.500. The van der Waals surface area contributed by atoms with Gasteiger partial charge in [-0.3, -0.25) is 9.32 Å². The van der Waals surface area contributed by atoms with Gasteiger partial charge in [0.25, 0.3) is 0 Å². The molecule has 5 N–H and O–H groups in total. The summed E-state index contributed by atoms with van der Waals surface area (Å²) in [5, 5.41) is 38.8. The summed E-state index contributed by atoms with van der Waals surface area (Å²) in [6, 6.07) is 12.1. The highest BCUT2D eigenvalue weighted by molar-refractivity contribution is 7.52. The van der Waals surface area contributed by atoms with Crippen molar-refractivity contribution >= 4 is 25.1 Å². The Bertz CT molecular complexity index is 1580. The van der Waals surface area contributed by atoms with E-state index in [9.17, 15) is 24.8 Å². The van der Waals surface area contributed by atoms with E-state index in [1.165, 1.54) is 30.3 Å². The van der Waals surface area contributed by atoms with Gasteiger partial charge < -0.3 is 29.9 Å². The Hall–Kier alpha value is -3.57. The monoisotopic (exact) mass is 612 g/mol. The molecule has 1 unspecified atom stereocenters. The maximum absolute atomic E-state index is 14.0. The minimum absolute atomic E-state index is 0.103. The van der Waals surface area contributed by atoms with Crippen molar-refractivity contribution in [3.63, 3.8) is 0 Å². The van der Waals surface area contributed by atoms with E-state index in [0.717, 1.165) is 25.7 Å². The number of ether oxygens (including phenoxy) is 2. The van der Waals surface area contributed by atoms with Crippen LogP contribution in [0.4, 0.5) is 5.82 Å². The summed E-state index contributed by atoms with van der Waals surface area (Å²) >= 11 is 0. The molecule has 6 rings (SSSR count). The van der Waals surface area contributed by atoms with Gasteiger partial charge in [0.05, 0.1) is 12.3 Å². The molecule has 3 aliphatic rings. The fourth-order valence-corrected chi connectivity index (χ4v) is 7.56. The number of nitrogen functional groups attached to an aromatic ring is 1. The molecule has 1 saturated heterocycles. The smallest absolute Gasteiger partial charge is 0.459 e. The minimum atomic E-state index is -4.31. The number of nitrogens with zero attached hydrogens (tertiary/aromatic N) is 4. The molecule has 6 atom stereocenters. The molecular weight excluding hydrogens is 579 g/mol. The number of aliphatic hydroxyl groups excluding tert-OH is 2. The van der Waals surface area contributed by atoms with Crippen LogP contribution in [0.15, 0.2) is 48.8 Å². The van der Waals surface area contributed by atoms with E-state index >= 15 is 0 Å². The van der Waals surface area contributed by atoms with Crippen LogP contribution < -0.4 is 15.3 Å². The number of anilines is 1. The van der Waals surface area contributed by atoms with E-state index < -0.39 is 50.3 Å². The van der Waals surface area contributed by atoms with Crippen molar-refractivity contribution < 1.29 is 38.1 Å². The Balaban J connectivity index is 1.17. The van der Waals surface area contributed by atoms with Gasteiger partial charge in [0.2, 0.25) is 5.60 Å².